The fourth-order valence-electron chi connectivity index (χ4n) is 4.29. The Balaban J connectivity index is 1.71. The van der Waals surface area contributed by atoms with Crippen molar-refractivity contribution < 1.29 is 13.7 Å². The van der Waals surface area contributed by atoms with Gasteiger partial charge in [-0.15, -0.1) is 0 Å². The number of anilines is 1. The third kappa shape index (κ3) is 2.67. The molecule has 4 aromatic rings. The molecule has 1 aliphatic heterocycles. The van der Waals surface area contributed by atoms with E-state index >= 15 is 0 Å². The number of aryl methyl sites for hydroxylation is 3. The van der Waals surface area contributed by atoms with E-state index in [1.807, 2.05) is 56.0 Å². The molecule has 1 aromatic carbocycles. The SMILES string of the molecule is Cc1cc(-c2cc(C(=O)N3c4ccccc4C[C@H]3C)c3c(C)noc3n2)c(C)o1. The molecule has 1 amide bonds. The lowest BCUT2D eigenvalue weighted by Gasteiger charge is -2.23. The van der Waals surface area contributed by atoms with Crippen LogP contribution in [0, 0.1) is 20.8 Å². The number of amides is 1. The monoisotopic (exact) mass is 387 g/mol. The van der Waals surface area contributed by atoms with Crippen molar-refractivity contribution in [3.8, 4) is 11.3 Å². The molecule has 0 N–H and O–H groups in total. The summed E-state index contributed by atoms with van der Waals surface area (Å²) in [5.41, 5.74) is 5.20. The second-order valence-corrected chi connectivity index (χ2v) is 7.69. The highest BCUT2D eigenvalue weighted by Gasteiger charge is 2.33. The van der Waals surface area contributed by atoms with Crippen LogP contribution >= 0.6 is 0 Å². The van der Waals surface area contributed by atoms with Gasteiger partial charge in [0.05, 0.1) is 22.3 Å². The summed E-state index contributed by atoms with van der Waals surface area (Å²) in [6.45, 7) is 7.68. The molecule has 5 rings (SSSR count). The van der Waals surface area contributed by atoms with Gasteiger partial charge in [0.1, 0.15) is 11.5 Å². The average molecular weight is 387 g/mol. The van der Waals surface area contributed by atoms with E-state index in [9.17, 15) is 4.79 Å². The lowest BCUT2D eigenvalue weighted by Crippen LogP contribution is -2.35. The fraction of sp³-hybridized carbons (Fsp3) is 0.261. The number of carbonyl (C=O) groups is 1. The zero-order valence-corrected chi connectivity index (χ0v) is 16.8. The van der Waals surface area contributed by atoms with Crippen LogP contribution in [0.15, 0.2) is 45.3 Å². The molecule has 1 atom stereocenters. The van der Waals surface area contributed by atoms with Crippen molar-refractivity contribution in [3.05, 3.63) is 64.7 Å². The van der Waals surface area contributed by atoms with Gasteiger partial charge in [-0.2, -0.15) is 0 Å². The number of pyridine rings is 1. The molecule has 0 radical (unpaired) electrons. The highest BCUT2D eigenvalue weighted by Crippen LogP contribution is 2.36. The predicted molar refractivity (Wildman–Crippen MR) is 110 cm³/mol. The second kappa shape index (κ2) is 6.30. The van der Waals surface area contributed by atoms with E-state index in [-0.39, 0.29) is 11.9 Å². The number of hydrogen-bond donors (Lipinski definition) is 0. The van der Waals surface area contributed by atoms with Gasteiger partial charge in [0.2, 0.25) is 0 Å². The van der Waals surface area contributed by atoms with Gasteiger partial charge < -0.3 is 13.8 Å². The van der Waals surface area contributed by atoms with Crippen molar-refractivity contribution in [1.82, 2.24) is 10.1 Å². The summed E-state index contributed by atoms with van der Waals surface area (Å²) >= 11 is 0. The van der Waals surface area contributed by atoms with Gasteiger partial charge in [0.25, 0.3) is 11.6 Å². The quantitative estimate of drug-likeness (QED) is 0.484. The number of hydrogen-bond acceptors (Lipinski definition) is 5. The van der Waals surface area contributed by atoms with Crippen LogP contribution < -0.4 is 4.90 Å². The highest BCUT2D eigenvalue weighted by atomic mass is 16.5. The van der Waals surface area contributed by atoms with Crippen LogP contribution in [0.5, 0.6) is 0 Å². The normalized spacial score (nSPS) is 15.9. The van der Waals surface area contributed by atoms with Crippen molar-refractivity contribution >= 4 is 22.7 Å². The van der Waals surface area contributed by atoms with E-state index in [2.05, 4.69) is 23.1 Å². The molecule has 0 bridgehead atoms. The fourth-order valence-corrected chi connectivity index (χ4v) is 4.29. The van der Waals surface area contributed by atoms with E-state index < -0.39 is 0 Å². The van der Waals surface area contributed by atoms with E-state index in [0.29, 0.717) is 28.1 Å². The Hall–Kier alpha value is -3.41. The summed E-state index contributed by atoms with van der Waals surface area (Å²) in [6.07, 6.45) is 0.839. The predicted octanol–water partition coefficient (Wildman–Crippen LogP) is 5.00. The molecule has 0 spiro atoms. The van der Waals surface area contributed by atoms with Crippen LogP contribution in [0.4, 0.5) is 5.69 Å². The molecule has 0 fully saturated rings. The molecule has 0 saturated heterocycles. The number of nitrogens with zero attached hydrogens (tertiary/aromatic N) is 3. The number of aromatic nitrogens is 2. The standard InChI is InChI=1S/C23H21N3O3/c1-12-9-16-7-5-6-8-20(16)26(12)23(27)18-11-19(17-10-13(2)28-15(17)4)24-22-21(18)14(3)25-29-22/h5-8,10-12H,9H2,1-4H3/t12-/m1/s1. The topological polar surface area (TPSA) is 72.4 Å². The molecule has 146 valence electrons. The maximum atomic E-state index is 13.8. The maximum Gasteiger partial charge on any atom is 0.259 e. The summed E-state index contributed by atoms with van der Waals surface area (Å²) in [5, 5.41) is 4.72. The van der Waals surface area contributed by atoms with E-state index in [1.54, 1.807) is 0 Å². The molecule has 0 saturated carbocycles. The summed E-state index contributed by atoms with van der Waals surface area (Å²) in [4.78, 5) is 20.2. The Morgan fingerprint density at radius 1 is 1.17 bits per heavy atom. The summed E-state index contributed by atoms with van der Waals surface area (Å²) in [7, 11) is 0. The van der Waals surface area contributed by atoms with Gasteiger partial charge in [-0.1, -0.05) is 23.4 Å². The summed E-state index contributed by atoms with van der Waals surface area (Å²) in [6, 6.07) is 11.9. The van der Waals surface area contributed by atoms with Crippen LogP contribution in [-0.2, 0) is 6.42 Å². The molecule has 6 heteroatoms. The number of benzene rings is 1. The first-order valence-electron chi connectivity index (χ1n) is 9.70. The lowest BCUT2D eigenvalue weighted by atomic mass is 10.0. The molecule has 0 unspecified atom stereocenters. The maximum absolute atomic E-state index is 13.8. The van der Waals surface area contributed by atoms with Crippen LogP contribution in [0.3, 0.4) is 0 Å². The second-order valence-electron chi connectivity index (χ2n) is 7.69. The van der Waals surface area contributed by atoms with Crippen molar-refractivity contribution in [3.63, 3.8) is 0 Å². The Kier molecular flexibility index (Phi) is 3.84. The summed E-state index contributed by atoms with van der Waals surface area (Å²) < 4.78 is 11.1. The van der Waals surface area contributed by atoms with Crippen molar-refractivity contribution in [1.29, 1.82) is 0 Å². The van der Waals surface area contributed by atoms with Gasteiger partial charge in [-0.3, -0.25) is 4.79 Å². The van der Waals surface area contributed by atoms with Gasteiger partial charge >= 0.3 is 0 Å². The minimum atomic E-state index is -0.0692. The average Bonchev–Trinajstić information content (AvgIpc) is 3.34. The summed E-state index contributed by atoms with van der Waals surface area (Å²) in [5.74, 6) is 1.48. The molecule has 29 heavy (non-hydrogen) atoms. The number of fused-ring (bicyclic) bond motifs is 2. The number of rotatable bonds is 2. The minimum absolute atomic E-state index is 0.0692. The first-order chi connectivity index (χ1) is 13.9. The molecular weight excluding hydrogens is 366 g/mol. The number of furan rings is 1. The number of para-hydroxylation sites is 1. The number of carbonyl (C=O) groups excluding carboxylic acids is 1. The van der Waals surface area contributed by atoms with Crippen molar-refractivity contribution in [2.24, 2.45) is 0 Å². The third-order valence-electron chi connectivity index (χ3n) is 5.59. The smallest absolute Gasteiger partial charge is 0.259 e. The third-order valence-corrected chi connectivity index (χ3v) is 5.59. The highest BCUT2D eigenvalue weighted by molar-refractivity contribution is 6.15. The van der Waals surface area contributed by atoms with Crippen LogP contribution in [0.2, 0.25) is 0 Å². The Bertz CT molecular complexity index is 1270. The first-order valence-corrected chi connectivity index (χ1v) is 9.70. The van der Waals surface area contributed by atoms with Crippen LogP contribution in [0.25, 0.3) is 22.4 Å². The Labute approximate surface area is 168 Å². The lowest BCUT2D eigenvalue weighted by molar-refractivity contribution is 0.0983. The van der Waals surface area contributed by atoms with Gasteiger partial charge in [0.15, 0.2) is 0 Å². The minimum Gasteiger partial charge on any atom is -0.466 e. The largest absolute Gasteiger partial charge is 0.466 e. The first kappa shape index (κ1) is 17.7. The van der Waals surface area contributed by atoms with Gasteiger partial charge in [0, 0.05) is 17.3 Å². The van der Waals surface area contributed by atoms with Gasteiger partial charge in [-0.25, -0.2) is 4.98 Å². The Morgan fingerprint density at radius 2 is 1.97 bits per heavy atom. The molecule has 0 aliphatic carbocycles. The molecule has 6 nitrogen and oxygen atoms in total. The molecule has 4 heterocycles. The zero-order chi connectivity index (χ0) is 20.3. The molecule has 1 aliphatic rings. The van der Waals surface area contributed by atoms with Crippen LogP contribution in [-0.4, -0.2) is 22.1 Å². The van der Waals surface area contributed by atoms with E-state index in [0.717, 1.165) is 29.2 Å². The molecule has 3 aromatic heterocycles. The van der Waals surface area contributed by atoms with Gasteiger partial charge in [-0.05, 0) is 57.9 Å². The van der Waals surface area contributed by atoms with E-state index in [1.165, 1.54) is 5.56 Å². The van der Waals surface area contributed by atoms with Crippen molar-refractivity contribution in [2.45, 2.75) is 40.2 Å². The zero-order valence-electron chi connectivity index (χ0n) is 16.8. The van der Waals surface area contributed by atoms with Crippen molar-refractivity contribution in [2.75, 3.05) is 4.90 Å². The van der Waals surface area contributed by atoms with Crippen LogP contribution in [0.1, 0.15) is 40.1 Å². The Morgan fingerprint density at radius 3 is 2.72 bits per heavy atom. The molecular formula is C23H21N3O3. The van der Waals surface area contributed by atoms with E-state index in [4.69, 9.17) is 8.94 Å².